The minimum absolute atomic E-state index is 0.0394. The summed E-state index contributed by atoms with van der Waals surface area (Å²) in [7, 11) is 0. The third-order valence-corrected chi connectivity index (χ3v) is 4.46. The van der Waals surface area contributed by atoms with Crippen molar-refractivity contribution in [2.24, 2.45) is 34.8 Å². The Balaban J connectivity index is 2.05. The fourth-order valence-electron chi connectivity index (χ4n) is 3.72. The van der Waals surface area contributed by atoms with Crippen LogP contribution in [0.4, 0.5) is 0 Å². The van der Waals surface area contributed by atoms with Crippen LogP contribution in [0.15, 0.2) is 12.2 Å². The van der Waals surface area contributed by atoms with Gasteiger partial charge in [-0.3, -0.25) is 9.59 Å². The predicted molar refractivity (Wildman–Crippen MR) is 51.6 cm³/mol. The first kappa shape index (κ1) is 8.95. The molecule has 4 atom stereocenters. The lowest BCUT2D eigenvalue weighted by Gasteiger charge is -2.21. The minimum atomic E-state index is -0.873. The van der Waals surface area contributed by atoms with Crippen molar-refractivity contribution in [3.05, 3.63) is 12.2 Å². The molecule has 3 aliphatic carbocycles. The summed E-state index contributed by atoms with van der Waals surface area (Å²) < 4.78 is 0. The van der Waals surface area contributed by atoms with E-state index < -0.39 is 23.7 Å². The van der Waals surface area contributed by atoms with Crippen molar-refractivity contribution in [3.63, 3.8) is 0 Å². The van der Waals surface area contributed by atoms with Gasteiger partial charge in [-0.2, -0.15) is 0 Å². The molecule has 4 heteroatoms. The SMILES string of the molecule is NC(=O)C1[C@H](C(=O)O)[C@H]2C=C[C@@H]1C21CC1. The molecule has 80 valence electrons. The molecule has 2 fully saturated rings. The lowest BCUT2D eigenvalue weighted by Crippen LogP contribution is -2.36. The maximum atomic E-state index is 11.3. The highest BCUT2D eigenvalue weighted by atomic mass is 16.4. The third kappa shape index (κ3) is 0.874. The van der Waals surface area contributed by atoms with Crippen molar-refractivity contribution in [2.75, 3.05) is 0 Å². The number of aliphatic carboxylic acids is 1. The van der Waals surface area contributed by atoms with Gasteiger partial charge in [0.2, 0.25) is 5.91 Å². The highest BCUT2D eigenvalue weighted by Gasteiger charge is 2.69. The van der Waals surface area contributed by atoms with Crippen molar-refractivity contribution in [1.29, 1.82) is 0 Å². The fraction of sp³-hybridized carbons (Fsp3) is 0.636. The first-order valence-electron chi connectivity index (χ1n) is 5.28. The Morgan fingerprint density at radius 1 is 1.20 bits per heavy atom. The largest absolute Gasteiger partial charge is 0.481 e. The summed E-state index contributed by atoms with van der Waals surface area (Å²) >= 11 is 0. The number of carbonyl (C=O) groups excluding carboxylic acids is 1. The van der Waals surface area contributed by atoms with Gasteiger partial charge in [-0.05, 0) is 30.1 Å². The van der Waals surface area contributed by atoms with Gasteiger partial charge < -0.3 is 10.8 Å². The van der Waals surface area contributed by atoms with Crippen molar-refractivity contribution in [1.82, 2.24) is 0 Å². The van der Waals surface area contributed by atoms with E-state index in [1.807, 2.05) is 12.2 Å². The van der Waals surface area contributed by atoms with Gasteiger partial charge in [0.1, 0.15) is 0 Å². The molecule has 0 saturated heterocycles. The average molecular weight is 207 g/mol. The molecule has 3 aliphatic rings. The molecule has 0 aromatic rings. The highest BCUT2D eigenvalue weighted by Crippen LogP contribution is 2.71. The van der Waals surface area contributed by atoms with E-state index >= 15 is 0 Å². The summed E-state index contributed by atoms with van der Waals surface area (Å²) in [5, 5.41) is 9.17. The molecular weight excluding hydrogens is 194 g/mol. The Bertz CT molecular complexity index is 351. The Hall–Kier alpha value is -1.32. The van der Waals surface area contributed by atoms with E-state index in [4.69, 9.17) is 5.73 Å². The maximum Gasteiger partial charge on any atom is 0.307 e. The number of nitrogens with two attached hydrogens (primary N) is 1. The summed E-state index contributed by atoms with van der Waals surface area (Å²) in [6, 6.07) is 0. The number of amides is 1. The van der Waals surface area contributed by atoms with Gasteiger partial charge in [0, 0.05) is 0 Å². The fourth-order valence-corrected chi connectivity index (χ4v) is 3.72. The highest BCUT2D eigenvalue weighted by molar-refractivity contribution is 5.86. The Morgan fingerprint density at radius 2 is 1.73 bits per heavy atom. The van der Waals surface area contributed by atoms with E-state index in [0.29, 0.717) is 0 Å². The summed E-state index contributed by atoms with van der Waals surface area (Å²) in [4.78, 5) is 22.5. The van der Waals surface area contributed by atoms with Crippen LogP contribution in [-0.2, 0) is 9.59 Å². The topological polar surface area (TPSA) is 80.4 Å². The molecule has 2 saturated carbocycles. The van der Waals surface area contributed by atoms with Crippen LogP contribution in [0.1, 0.15) is 12.8 Å². The van der Waals surface area contributed by atoms with Crippen LogP contribution in [0, 0.1) is 29.1 Å². The second-order valence-electron chi connectivity index (χ2n) is 4.96. The van der Waals surface area contributed by atoms with Gasteiger partial charge in [-0.25, -0.2) is 0 Å². The molecule has 0 aromatic carbocycles. The van der Waals surface area contributed by atoms with Crippen molar-refractivity contribution >= 4 is 11.9 Å². The van der Waals surface area contributed by atoms with Gasteiger partial charge in [0.25, 0.3) is 0 Å². The predicted octanol–water partition coefficient (Wildman–Crippen LogP) is 0.385. The normalized spacial score (nSPS) is 43.5. The third-order valence-electron chi connectivity index (χ3n) is 4.46. The van der Waals surface area contributed by atoms with Crippen LogP contribution >= 0.6 is 0 Å². The number of primary amides is 1. The molecule has 2 bridgehead atoms. The van der Waals surface area contributed by atoms with Crippen LogP contribution in [0.25, 0.3) is 0 Å². The standard InChI is InChI=1S/C11H13NO3/c12-9(13)7-5-1-2-6(8(7)10(14)15)11(5)3-4-11/h1-2,5-8H,3-4H2,(H2,12,13)(H,14,15)/t5-,6+,7?,8+/m0/s1. The number of rotatable bonds is 2. The van der Waals surface area contributed by atoms with E-state index in [0.717, 1.165) is 12.8 Å². The van der Waals surface area contributed by atoms with Gasteiger partial charge in [-0.1, -0.05) is 12.2 Å². The Kier molecular flexibility index (Phi) is 1.45. The second kappa shape index (κ2) is 2.43. The van der Waals surface area contributed by atoms with Gasteiger partial charge in [0.15, 0.2) is 0 Å². The zero-order valence-corrected chi connectivity index (χ0v) is 8.22. The quantitative estimate of drug-likeness (QED) is 0.642. The number of carboxylic acid groups (broad SMARTS) is 1. The van der Waals surface area contributed by atoms with Crippen LogP contribution in [0.3, 0.4) is 0 Å². The van der Waals surface area contributed by atoms with E-state index in [-0.39, 0.29) is 17.3 Å². The molecule has 3 N–H and O–H groups in total. The number of hydrogen-bond donors (Lipinski definition) is 2. The minimum Gasteiger partial charge on any atom is -0.481 e. The van der Waals surface area contributed by atoms with Crippen LogP contribution in [-0.4, -0.2) is 17.0 Å². The monoisotopic (exact) mass is 207 g/mol. The molecule has 0 radical (unpaired) electrons. The van der Waals surface area contributed by atoms with Crippen LogP contribution < -0.4 is 5.73 Å². The van der Waals surface area contributed by atoms with E-state index in [1.54, 1.807) is 0 Å². The second-order valence-corrected chi connectivity index (χ2v) is 4.96. The summed E-state index contributed by atoms with van der Waals surface area (Å²) in [6.07, 6.45) is 6.08. The first-order valence-corrected chi connectivity index (χ1v) is 5.28. The lowest BCUT2D eigenvalue weighted by molar-refractivity contribution is -0.147. The molecular formula is C11H13NO3. The zero-order chi connectivity index (χ0) is 10.8. The Labute approximate surface area is 87.1 Å². The Morgan fingerprint density at radius 3 is 2.07 bits per heavy atom. The summed E-state index contributed by atoms with van der Waals surface area (Å²) in [6.45, 7) is 0. The summed E-state index contributed by atoms with van der Waals surface area (Å²) in [5.41, 5.74) is 5.41. The van der Waals surface area contributed by atoms with Gasteiger partial charge >= 0.3 is 5.97 Å². The maximum absolute atomic E-state index is 11.3. The molecule has 1 unspecified atom stereocenters. The molecule has 15 heavy (non-hydrogen) atoms. The molecule has 4 nitrogen and oxygen atoms in total. The van der Waals surface area contributed by atoms with Gasteiger partial charge in [-0.15, -0.1) is 0 Å². The van der Waals surface area contributed by atoms with Crippen molar-refractivity contribution < 1.29 is 14.7 Å². The van der Waals surface area contributed by atoms with Crippen molar-refractivity contribution in [2.45, 2.75) is 12.8 Å². The molecule has 3 rings (SSSR count). The smallest absolute Gasteiger partial charge is 0.307 e. The van der Waals surface area contributed by atoms with E-state index in [9.17, 15) is 14.7 Å². The molecule has 0 heterocycles. The average Bonchev–Trinajstić information content (AvgIpc) is 2.81. The number of allylic oxidation sites excluding steroid dienone is 2. The zero-order valence-electron chi connectivity index (χ0n) is 8.22. The molecule has 0 aliphatic heterocycles. The molecule has 1 amide bonds. The molecule has 0 aromatic heterocycles. The number of hydrogen-bond acceptors (Lipinski definition) is 2. The van der Waals surface area contributed by atoms with Gasteiger partial charge in [0.05, 0.1) is 11.8 Å². The first-order chi connectivity index (χ1) is 7.08. The van der Waals surface area contributed by atoms with Crippen LogP contribution in [0.5, 0.6) is 0 Å². The number of carbonyl (C=O) groups is 2. The van der Waals surface area contributed by atoms with Crippen molar-refractivity contribution in [3.8, 4) is 0 Å². The van der Waals surface area contributed by atoms with E-state index in [2.05, 4.69) is 0 Å². The lowest BCUT2D eigenvalue weighted by atomic mass is 9.83. The molecule has 1 spiro atoms. The van der Waals surface area contributed by atoms with E-state index in [1.165, 1.54) is 0 Å². The summed E-state index contributed by atoms with van der Waals surface area (Å²) in [5.74, 6) is -2.27. The van der Waals surface area contributed by atoms with Crippen LogP contribution in [0.2, 0.25) is 0 Å². The number of carboxylic acids is 1.